The summed E-state index contributed by atoms with van der Waals surface area (Å²) in [7, 11) is 0. The molecule has 0 aliphatic rings. The van der Waals surface area contributed by atoms with Crippen molar-refractivity contribution in [3.05, 3.63) is 52.1 Å². The average Bonchev–Trinajstić information content (AvgIpc) is 2.38. The number of rotatable bonds is 4. The molecule has 0 aliphatic heterocycles. The second-order valence-electron chi connectivity index (χ2n) is 5.78. The fraction of sp³-hybridized carbons (Fsp3) is 0.312. The van der Waals surface area contributed by atoms with Gasteiger partial charge in [0, 0.05) is 29.4 Å². The molecular formula is C16H18Cl2N2O. The van der Waals surface area contributed by atoms with Crippen LogP contribution in [0.3, 0.4) is 0 Å². The largest absolute Gasteiger partial charge is 0.439 e. The molecule has 0 bridgehead atoms. The van der Waals surface area contributed by atoms with E-state index < -0.39 is 0 Å². The van der Waals surface area contributed by atoms with Crippen LogP contribution in [0, 0.1) is 0 Å². The van der Waals surface area contributed by atoms with Gasteiger partial charge in [-0.05, 0) is 44.5 Å². The van der Waals surface area contributed by atoms with Gasteiger partial charge in [-0.2, -0.15) is 0 Å². The Morgan fingerprint density at radius 3 is 2.62 bits per heavy atom. The Bertz CT molecular complexity index is 624. The summed E-state index contributed by atoms with van der Waals surface area (Å²) in [5.41, 5.74) is 0.958. The van der Waals surface area contributed by atoms with Crippen LogP contribution in [0.25, 0.3) is 0 Å². The smallest absolute Gasteiger partial charge is 0.219 e. The molecule has 0 amide bonds. The van der Waals surface area contributed by atoms with Crippen molar-refractivity contribution >= 4 is 23.2 Å². The van der Waals surface area contributed by atoms with Gasteiger partial charge in [-0.3, -0.25) is 0 Å². The van der Waals surface area contributed by atoms with Gasteiger partial charge in [0.1, 0.15) is 5.75 Å². The minimum absolute atomic E-state index is 0.0145. The summed E-state index contributed by atoms with van der Waals surface area (Å²) in [5, 5.41) is 4.63. The molecule has 5 heteroatoms. The molecule has 1 N–H and O–H groups in total. The maximum atomic E-state index is 6.17. The molecular weight excluding hydrogens is 307 g/mol. The van der Waals surface area contributed by atoms with Gasteiger partial charge in [-0.15, -0.1) is 0 Å². The minimum atomic E-state index is 0.0145. The van der Waals surface area contributed by atoms with Gasteiger partial charge in [0.25, 0.3) is 0 Å². The van der Waals surface area contributed by atoms with E-state index in [0.717, 1.165) is 5.56 Å². The molecule has 1 heterocycles. The number of halogens is 2. The van der Waals surface area contributed by atoms with E-state index in [4.69, 9.17) is 27.9 Å². The first-order valence-electron chi connectivity index (χ1n) is 6.66. The molecule has 1 aromatic carbocycles. The first-order valence-corrected chi connectivity index (χ1v) is 7.42. The van der Waals surface area contributed by atoms with E-state index >= 15 is 0 Å². The Labute approximate surface area is 135 Å². The van der Waals surface area contributed by atoms with Gasteiger partial charge in [0.2, 0.25) is 5.88 Å². The molecule has 2 rings (SSSR count). The third kappa shape index (κ3) is 5.20. The standard InChI is InChI=1S/C16H18Cl2N2O/c1-16(2,3)20-9-11-7-15(19-10-14(11)18)21-13-6-4-5-12(17)8-13/h4-8,10,20H,9H2,1-3H3. The Hall–Kier alpha value is -1.29. The van der Waals surface area contributed by atoms with Gasteiger partial charge in [-0.25, -0.2) is 4.98 Å². The van der Waals surface area contributed by atoms with Gasteiger partial charge in [0.15, 0.2) is 0 Å². The molecule has 1 aromatic heterocycles. The van der Waals surface area contributed by atoms with E-state index in [1.807, 2.05) is 18.2 Å². The highest BCUT2D eigenvalue weighted by atomic mass is 35.5. The van der Waals surface area contributed by atoms with Crippen LogP contribution in [-0.2, 0) is 6.54 Å². The lowest BCUT2D eigenvalue weighted by Crippen LogP contribution is -2.35. The van der Waals surface area contributed by atoms with Crippen LogP contribution < -0.4 is 10.1 Å². The van der Waals surface area contributed by atoms with E-state index in [1.165, 1.54) is 0 Å². The Morgan fingerprint density at radius 2 is 1.95 bits per heavy atom. The molecule has 0 radical (unpaired) electrons. The molecule has 2 aromatic rings. The summed E-state index contributed by atoms with van der Waals surface area (Å²) in [6, 6.07) is 9.03. The van der Waals surface area contributed by atoms with E-state index in [-0.39, 0.29) is 5.54 Å². The van der Waals surface area contributed by atoms with Crippen molar-refractivity contribution in [3.63, 3.8) is 0 Å². The van der Waals surface area contributed by atoms with E-state index in [1.54, 1.807) is 18.3 Å². The van der Waals surface area contributed by atoms with Crippen LogP contribution in [-0.4, -0.2) is 10.5 Å². The molecule has 0 spiro atoms. The van der Waals surface area contributed by atoms with Gasteiger partial charge in [0.05, 0.1) is 5.02 Å². The highest BCUT2D eigenvalue weighted by molar-refractivity contribution is 6.31. The highest BCUT2D eigenvalue weighted by Crippen LogP contribution is 2.26. The molecule has 0 fully saturated rings. The Balaban J connectivity index is 2.14. The number of benzene rings is 1. The topological polar surface area (TPSA) is 34.1 Å². The lowest BCUT2D eigenvalue weighted by atomic mass is 10.1. The molecule has 21 heavy (non-hydrogen) atoms. The summed E-state index contributed by atoms with van der Waals surface area (Å²) in [5.74, 6) is 1.14. The van der Waals surface area contributed by atoms with Crippen LogP contribution in [0.5, 0.6) is 11.6 Å². The maximum absolute atomic E-state index is 6.17. The van der Waals surface area contributed by atoms with E-state index in [9.17, 15) is 0 Å². The average molecular weight is 325 g/mol. The second-order valence-corrected chi connectivity index (χ2v) is 6.62. The fourth-order valence-electron chi connectivity index (χ4n) is 1.66. The van der Waals surface area contributed by atoms with Crippen molar-refractivity contribution in [2.75, 3.05) is 0 Å². The number of pyridine rings is 1. The maximum Gasteiger partial charge on any atom is 0.219 e. The molecule has 0 aliphatic carbocycles. The zero-order chi connectivity index (χ0) is 15.5. The minimum Gasteiger partial charge on any atom is -0.439 e. The van der Waals surface area contributed by atoms with Crippen molar-refractivity contribution in [2.24, 2.45) is 0 Å². The summed E-state index contributed by atoms with van der Waals surface area (Å²) in [6.45, 7) is 6.96. The number of nitrogens with zero attached hydrogens (tertiary/aromatic N) is 1. The predicted molar refractivity (Wildman–Crippen MR) is 87.4 cm³/mol. The first kappa shape index (κ1) is 16.1. The first-order chi connectivity index (χ1) is 9.83. The van der Waals surface area contributed by atoms with Gasteiger partial charge < -0.3 is 10.1 Å². The van der Waals surface area contributed by atoms with Crippen molar-refractivity contribution in [1.82, 2.24) is 10.3 Å². The molecule has 0 unspecified atom stereocenters. The van der Waals surface area contributed by atoms with Crippen LogP contribution >= 0.6 is 23.2 Å². The van der Waals surface area contributed by atoms with Crippen LogP contribution in [0.15, 0.2) is 36.5 Å². The SMILES string of the molecule is CC(C)(C)NCc1cc(Oc2cccc(Cl)c2)ncc1Cl. The summed E-state index contributed by atoms with van der Waals surface area (Å²) >= 11 is 12.1. The summed E-state index contributed by atoms with van der Waals surface area (Å²) in [4.78, 5) is 4.18. The lowest BCUT2D eigenvalue weighted by molar-refractivity contribution is 0.422. The number of nitrogens with one attached hydrogen (secondary N) is 1. The van der Waals surface area contributed by atoms with E-state index in [0.29, 0.717) is 28.2 Å². The summed E-state index contributed by atoms with van der Waals surface area (Å²) in [6.07, 6.45) is 1.60. The van der Waals surface area contributed by atoms with Crippen molar-refractivity contribution in [1.29, 1.82) is 0 Å². The van der Waals surface area contributed by atoms with Gasteiger partial charge in [-0.1, -0.05) is 29.3 Å². The lowest BCUT2D eigenvalue weighted by Gasteiger charge is -2.21. The van der Waals surface area contributed by atoms with Crippen LogP contribution in [0.2, 0.25) is 10.0 Å². The highest BCUT2D eigenvalue weighted by Gasteiger charge is 2.11. The quantitative estimate of drug-likeness (QED) is 0.852. The zero-order valence-corrected chi connectivity index (χ0v) is 13.8. The third-order valence-electron chi connectivity index (χ3n) is 2.74. The van der Waals surface area contributed by atoms with Crippen molar-refractivity contribution < 1.29 is 4.74 Å². The molecule has 112 valence electrons. The summed E-state index contributed by atoms with van der Waals surface area (Å²) < 4.78 is 5.70. The number of aromatic nitrogens is 1. The molecule has 0 saturated heterocycles. The third-order valence-corrected chi connectivity index (χ3v) is 3.31. The fourth-order valence-corrected chi connectivity index (χ4v) is 2.01. The second kappa shape index (κ2) is 6.65. The van der Waals surface area contributed by atoms with Gasteiger partial charge >= 0.3 is 0 Å². The van der Waals surface area contributed by atoms with E-state index in [2.05, 4.69) is 31.1 Å². The predicted octanol–water partition coefficient (Wildman–Crippen LogP) is 5.07. The van der Waals surface area contributed by atoms with Crippen molar-refractivity contribution in [3.8, 4) is 11.6 Å². The molecule has 0 atom stereocenters. The Morgan fingerprint density at radius 1 is 1.19 bits per heavy atom. The number of hydrogen-bond acceptors (Lipinski definition) is 3. The zero-order valence-electron chi connectivity index (χ0n) is 12.3. The number of hydrogen-bond donors (Lipinski definition) is 1. The monoisotopic (exact) mass is 324 g/mol. The Kier molecular flexibility index (Phi) is 5.09. The molecule has 3 nitrogen and oxygen atoms in total. The normalized spacial score (nSPS) is 11.5. The molecule has 0 saturated carbocycles. The van der Waals surface area contributed by atoms with Crippen LogP contribution in [0.4, 0.5) is 0 Å². The number of ether oxygens (including phenoxy) is 1. The van der Waals surface area contributed by atoms with Crippen LogP contribution in [0.1, 0.15) is 26.3 Å². The van der Waals surface area contributed by atoms with Crippen molar-refractivity contribution in [2.45, 2.75) is 32.9 Å².